The molecule has 0 rings (SSSR count). The van der Waals surface area contributed by atoms with Crippen molar-refractivity contribution in [2.75, 3.05) is 26.2 Å². The van der Waals surface area contributed by atoms with Gasteiger partial charge in [-0.25, -0.2) is 0 Å². The first-order chi connectivity index (χ1) is 15.7. The molecule has 0 aliphatic heterocycles. The second kappa shape index (κ2) is 15.4. The molecular formula is C24H46N4O5. The van der Waals surface area contributed by atoms with Crippen molar-refractivity contribution in [1.82, 2.24) is 0 Å². The van der Waals surface area contributed by atoms with Crippen molar-refractivity contribution in [3.63, 3.8) is 0 Å². The molecule has 0 bridgehead atoms. The van der Waals surface area contributed by atoms with E-state index in [4.69, 9.17) is 27.7 Å². The molecule has 0 fully saturated rings. The molecule has 2 atom stereocenters. The lowest BCUT2D eigenvalue weighted by Crippen LogP contribution is -2.69. The van der Waals surface area contributed by atoms with E-state index in [0.717, 1.165) is 25.7 Å². The van der Waals surface area contributed by atoms with Gasteiger partial charge in [-0.05, 0) is 25.7 Å². The molecule has 9 heteroatoms. The summed E-state index contributed by atoms with van der Waals surface area (Å²) < 4.78 is 6.42. The third-order valence-corrected chi connectivity index (χ3v) is 6.67. The van der Waals surface area contributed by atoms with Crippen LogP contribution in [0.2, 0.25) is 0 Å². The number of carbonyl (C=O) groups excluding carboxylic acids is 4. The van der Waals surface area contributed by atoms with E-state index in [2.05, 4.69) is 0 Å². The molecule has 33 heavy (non-hydrogen) atoms. The van der Waals surface area contributed by atoms with E-state index in [9.17, 15) is 19.2 Å². The lowest BCUT2D eigenvalue weighted by molar-refractivity contribution is -0.206. The van der Waals surface area contributed by atoms with Crippen molar-refractivity contribution in [2.45, 2.75) is 90.3 Å². The molecule has 0 aliphatic carbocycles. The fourth-order valence-corrected chi connectivity index (χ4v) is 4.77. The lowest BCUT2D eigenvalue weighted by Gasteiger charge is -2.47. The maximum absolute atomic E-state index is 13.4. The Balaban J connectivity index is 7.27. The third-order valence-electron chi connectivity index (χ3n) is 6.67. The normalized spacial score (nSPS) is 14.1. The van der Waals surface area contributed by atoms with E-state index in [-0.39, 0.29) is 0 Å². The van der Waals surface area contributed by atoms with Crippen molar-refractivity contribution in [3.8, 4) is 0 Å². The summed E-state index contributed by atoms with van der Waals surface area (Å²) in [4.78, 5) is 53.6. The van der Waals surface area contributed by atoms with Crippen LogP contribution in [0.1, 0.15) is 79.1 Å². The average molecular weight is 471 g/mol. The number of rotatable bonds is 20. The van der Waals surface area contributed by atoms with E-state index in [1.54, 1.807) is 0 Å². The van der Waals surface area contributed by atoms with Crippen LogP contribution in [-0.4, -0.2) is 60.5 Å². The minimum atomic E-state index is -2.12. The Kier molecular flexibility index (Phi) is 14.7. The van der Waals surface area contributed by atoms with Gasteiger partial charge < -0.3 is 27.7 Å². The third kappa shape index (κ3) is 6.76. The van der Waals surface area contributed by atoms with Gasteiger partial charge in [-0.2, -0.15) is 0 Å². The Hall–Kier alpha value is -1.52. The van der Waals surface area contributed by atoms with Crippen LogP contribution >= 0.6 is 0 Å². The number of Topliss-reactive ketones (excluding diaryl/α,β-unsaturated/α-hetero) is 4. The Morgan fingerprint density at radius 3 is 1.06 bits per heavy atom. The monoisotopic (exact) mass is 470 g/mol. The van der Waals surface area contributed by atoms with Gasteiger partial charge in [0.25, 0.3) is 0 Å². The molecule has 0 aromatic heterocycles. The number of ketones is 4. The summed E-state index contributed by atoms with van der Waals surface area (Å²) in [6.45, 7) is 5.65. The summed E-state index contributed by atoms with van der Waals surface area (Å²) in [6.07, 6.45) is 4.82. The number of nitrogens with two attached hydrogens (primary N) is 4. The van der Waals surface area contributed by atoms with Gasteiger partial charge in [-0.3, -0.25) is 19.2 Å². The molecule has 0 saturated heterocycles. The van der Waals surface area contributed by atoms with Crippen LogP contribution in [0.5, 0.6) is 0 Å². The van der Waals surface area contributed by atoms with Gasteiger partial charge in [0.15, 0.2) is 34.3 Å². The summed E-state index contributed by atoms with van der Waals surface area (Å²) in [5.74, 6) is -3.97. The van der Waals surface area contributed by atoms with Crippen LogP contribution < -0.4 is 22.9 Å². The fraction of sp³-hybridized carbons (Fsp3) is 0.833. The molecule has 0 amide bonds. The molecule has 0 aliphatic rings. The maximum Gasteiger partial charge on any atom is 0.191 e. The zero-order valence-corrected chi connectivity index (χ0v) is 21.0. The molecule has 0 aromatic carbocycles. The standard InChI is InChI=1S/C24H46N4O5/c1-5-9-11-17(7-3)23(19(29)13-25,20(30)14-26)33-24(21(31)15-27,22(32)16-28)18(8-4)12-10-6-2/h17-18H,5-16,25-28H2,1-4H3. The Morgan fingerprint density at radius 1 is 0.606 bits per heavy atom. The number of hydrogen-bond acceptors (Lipinski definition) is 9. The number of ether oxygens (including phenoxy) is 1. The summed E-state index contributed by atoms with van der Waals surface area (Å²) in [7, 11) is 0. The minimum Gasteiger partial charge on any atom is -0.336 e. The van der Waals surface area contributed by atoms with Crippen LogP contribution in [0.3, 0.4) is 0 Å². The first-order valence-electron chi connectivity index (χ1n) is 12.3. The van der Waals surface area contributed by atoms with Crippen molar-refractivity contribution in [3.05, 3.63) is 0 Å². The molecular weight excluding hydrogens is 424 g/mol. The van der Waals surface area contributed by atoms with Gasteiger partial charge in [-0.1, -0.05) is 53.4 Å². The second-order valence-corrected chi connectivity index (χ2v) is 8.58. The van der Waals surface area contributed by atoms with Gasteiger partial charge >= 0.3 is 0 Å². The number of hydrogen-bond donors (Lipinski definition) is 4. The predicted molar refractivity (Wildman–Crippen MR) is 129 cm³/mol. The van der Waals surface area contributed by atoms with E-state index in [1.165, 1.54) is 0 Å². The molecule has 0 heterocycles. The van der Waals surface area contributed by atoms with E-state index < -0.39 is 72.3 Å². The van der Waals surface area contributed by atoms with Crippen LogP contribution in [0.4, 0.5) is 0 Å². The highest BCUT2D eigenvalue weighted by Gasteiger charge is 2.61. The molecule has 2 unspecified atom stereocenters. The van der Waals surface area contributed by atoms with Gasteiger partial charge in [-0.15, -0.1) is 0 Å². The van der Waals surface area contributed by atoms with Crippen molar-refractivity contribution in [2.24, 2.45) is 34.8 Å². The van der Waals surface area contributed by atoms with Gasteiger partial charge in [0, 0.05) is 11.8 Å². The Morgan fingerprint density at radius 2 is 0.879 bits per heavy atom. The van der Waals surface area contributed by atoms with Crippen LogP contribution in [-0.2, 0) is 23.9 Å². The van der Waals surface area contributed by atoms with Crippen LogP contribution in [0.25, 0.3) is 0 Å². The van der Waals surface area contributed by atoms with Gasteiger partial charge in [0.2, 0.25) is 0 Å². The topological polar surface area (TPSA) is 182 Å². The molecule has 0 radical (unpaired) electrons. The van der Waals surface area contributed by atoms with E-state index in [0.29, 0.717) is 25.7 Å². The summed E-state index contributed by atoms with van der Waals surface area (Å²) in [5.41, 5.74) is 18.8. The van der Waals surface area contributed by atoms with Crippen molar-refractivity contribution >= 4 is 23.1 Å². The zero-order chi connectivity index (χ0) is 25.7. The van der Waals surface area contributed by atoms with E-state index >= 15 is 0 Å². The highest BCUT2D eigenvalue weighted by Crippen LogP contribution is 2.41. The minimum absolute atomic E-state index is 0.396. The molecule has 9 nitrogen and oxygen atoms in total. The molecule has 192 valence electrons. The molecule has 8 N–H and O–H groups in total. The fourth-order valence-electron chi connectivity index (χ4n) is 4.77. The highest BCUT2D eigenvalue weighted by molar-refractivity contribution is 6.16. The summed E-state index contributed by atoms with van der Waals surface area (Å²) in [5, 5.41) is 0. The van der Waals surface area contributed by atoms with Crippen molar-refractivity contribution in [1.29, 1.82) is 0 Å². The lowest BCUT2D eigenvalue weighted by atomic mass is 9.71. The van der Waals surface area contributed by atoms with Crippen molar-refractivity contribution < 1.29 is 23.9 Å². The summed E-state index contributed by atoms with van der Waals surface area (Å²) in [6, 6.07) is 0. The highest BCUT2D eigenvalue weighted by atomic mass is 16.5. The Bertz CT molecular complexity index is 567. The number of unbranched alkanes of at least 4 members (excludes halogenated alkanes) is 2. The first-order valence-corrected chi connectivity index (χ1v) is 12.3. The number of carbonyl (C=O) groups is 4. The molecule has 0 saturated carbocycles. The summed E-state index contributed by atoms with van der Waals surface area (Å²) >= 11 is 0. The molecule has 0 aromatic rings. The maximum atomic E-state index is 13.4. The van der Waals surface area contributed by atoms with Gasteiger partial charge in [0.1, 0.15) is 0 Å². The van der Waals surface area contributed by atoms with Crippen LogP contribution in [0.15, 0.2) is 0 Å². The van der Waals surface area contributed by atoms with Crippen LogP contribution in [0, 0.1) is 11.8 Å². The SMILES string of the molecule is CCCCC(CC)C(OC(C(=O)CN)(C(=O)CN)C(CC)CCCC)(C(=O)CN)C(=O)CN. The molecule has 0 spiro atoms. The average Bonchev–Trinajstić information content (AvgIpc) is 2.85. The van der Waals surface area contributed by atoms with E-state index in [1.807, 2.05) is 27.7 Å². The zero-order valence-electron chi connectivity index (χ0n) is 21.0. The quantitative estimate of drug-likeness (QED) is 0.189. The largest absolute Gasteiger partial charge is 0.336 e. The predicted octanol–water partition coefficient (Wildman–Crippen LogP) is 1.02. The van der Waals surface area contributed by atoms with Gasteiger partial charge in [0.05, 0.1) is 26.2 Å². The Labute approximate surface area is 198 Å². The second-order valence-electron chi connectivity index (χ2n) is 8.58. The smallest absolute Gasteiger partial charge is 0.191 e. The first kappa shape index (κ1) is 31.5.